The van der Waals surface area contributed by atoms with E-state index >= 15 is 0 Å². The summed E-state index contributed by atoms with van der Waals surface area (Å²) >= 11 is 0. The topological polar surface area (TPSA) is 74.6 Å². The molecule has 0 aliphatic heterocycles. The molecule has 1 saturated carbocycles. The molecular formula is C29H32O4. The average molecular weight is 445 g/mol. The number of Topliss-reactive ketones (excluding diaryl/α,β-unsaturated/α-hetero) is 2. The third-order valence-electron chi connectivity index (χ3n) is 6.24. The van der Waals surface area contributed by atoms with Gasteiger partial charge in [0.2, 0.25) is 0 Å². The Morgan fingerprint density at radius 2 is 1.21 bits per heavy atom. The lowest BCUT2D eigenvalue weighted by molar-refractivity contribution is 0.0392. The van der Waals surface area contributed by atoms with Crippen molar-refractivity contribution in [1.29, 1.82) is 0 Å². The van der Waals surface area contributed by atoms with Crippen LogP contribution in [-0.4, -0.2) is 27.9 Å². The Morgan fingerprint density at radius 1 is 0.758 bits per heavy atom. The average Bonchev–Trinajstić information content (AvgIpc) is 2.89. The van der Waals surface area contributed by atoms with Gasteiger partial charge in [0.25, 0.3) is 0 Å². The summed E-state index contributed by atoms with van der Waals surface area (Å²) in [6, 6.07) is 26.9. The van der Waals surface area contributed by atoms with E-state index < -0.39 is 11.7 Å². The molecule has 1 fully saturated rings. The number of aliphatic hydroxyl groups is 2. The Labute approximate surface area is 195 Å². The van der Waals surface area contributed by atoms with Gasteiger partial charge in [-0.15, -0.1) is 0 Å². The molecule has 1 aliphatic carbocycles. The second-order valence-corrected chi connectivity index (χ2v) is 8.71. The van der Waals surface area contributed by atoms with Gasteiger partial charge in [0.1, 0.15) is 11.7 Å². The maximum Gasteiger partial charge on any atom is 0.198 e. The van der Waals surface area contributed by atoms with Gasteiger partial charge in [-0.05, 0) is 31.2 Å². The molecule has 3 aromatic rings. The van der Waals surface area contributed by atoms with E-state index in [1.807, 2.05) is 42.5 Å². The van der Waals surface area contributed by atoms with Gasteiger partial charge < -0.3 is 10.2 Å². The first-order valence-electron chi connectivity index (χ1n) is 11.6. The zero-order valence-electron chi connectivity index (χ0n) is 19.1. The third kappa shape index (κ3) is 6.47. The van der Waals surface area contributed by atoms with Gasteiger partial charge in [-0.25, -0.2) is 0 Å². The van der Waals surface area contributed by atoms with E-state index in [9.17, 15) is 19.8 Å². The van der Waals surface area contributed by atoms with Gasteiger partial charge in [0.05, 0.1) is 0 Å². The van der Waals surface area contributed by atoms with Crippen molar-refractivity contribution < 1.29 is 19.8 Å². The van der Waals surface area contributed by atoms with Crippen LogP contribution in [0.1, 0.15) is 65.3 Å². The molecule has 2 atom stereocenters. The maximum absolute atomic E-state index is 12.2. The van der Waals surface area contributed by atoms with Crippen molar-refractivity contribution in [2.75, 3.05) is 0 Å². The fourth-order valence-electron chi connectivity index (χ4n) is 4.20. The van der Waals surface area contributed by atoms with E-state index in [1.54, 1.807) is 48.5 Å². The molecule has 3 aromatic carbocycles. The first-order chi connectivity index (χ1) is 15.9. The minimum atomic E-state index is -1.48. The third-order valence-corrected chi connectivity index (χ3v) is 6.24. The molecule has 0 aromatic heterocycles. The molecule has 4 nitrogen and oxygen atoms in total. The van der Waals surface area contributed by atoms with Crippen LogP contribution in [0.25, 0.3) is 0 Å². The van der Waals surface area contributed by atoms with Crippen molar-refractivity contribution in [3.8, 4) is 0 Å². The molecule has 0 amide bonds. The zero-order chi connectivity index (χ0) is 23.7. The standard InChI is InChI=1S/C15H14O2.C14H18O2/c1-15(17,13-10-6-3-7-11-13)14(16)12-8-4-2-5-9-12;15-13(11-7-3-1-4-8-11)14(16)12-9-5-2-6-10-12/h2-11,17H,1H3;1,3-4,7-8,12,14,16H,2,5-6,9-10H2. The highest BCUT2D eigenvalue weighted by Crippen LogP contribution is 2.28. The molecular weight excluding hydrogens is 412 g/mol. The van der Waals surface area contributed by atoms with E-state index in [0.29, 0.717) is 16.7 Å². The van der Waals surface area contributed by atoms with Crippen LogP contribution in [0.15, 0.2) is 91.0 Å². The highest BCUT2D eigenvalue weighted by atomic mass is 16.3. The molecule has 0 bridgehead atoms. The molecule has 0 saturated heterocycles. The largest absolute Gasteiger partial charge is 0.385 e. The monoisotopic (exact) mass is 444 g/mol. The Morgan fingerprint density at radius 3 is 1.73 bits per heavy atom. The normalized spacial score (nSPS) is 16.6. The highest BCUT2D eigenvalue weighted by molar-refractivity contribution is 6.02. The van der Waals surface area contributed by atoms with Gasteiger partial charge in [0.15, 0.2) is 11.6 Å². The second kappa shape index (κ2) is 11.7. The van der Waals surface area contributed by atoms with Crippen LogP contribution in [0.3, 0.4) is 0 Å². The van der Waals surface area contributed by atoms with Gasteiger partial charge in [0, 0.05) is 11.1 Å². The number of rotatable bonds is 6. The van der Waals surface area contributed by atoms with Crippen LogP contribution in [0.4, 0.5) is 0 Å². The number of hydrogen-bond donors (Lipinski definition) is 2. The second-order valence-electron chi connectivity index (χ2n) is 8.71. The van der Waals surface area contributed by atoms with Gasteiger partial charge in [-0.3, -0.25) is 9.59 Å². The molecule has 4 rings (SSSR count). The van der Waals surface area contributed by atoms with Crippen molar-refractivity contribution in [1.82, 2.24) is 0 Å². The summed E-state index contributed by atoms with van der Waals surface area (Å²) in [5.41, 5.74) is 0.263. The maximum atomic E-state index is 12.2. The molecule has 172 valence electrons. The number of aliphatic hydroxyl groups excluding tert-OH is 1. The lowest BCUT2D eigenvalue weighted by atomic mass is 9.82. The Kier molecular flexibility index (Phi) is 8.70. The molecule has 1 aliphatic rings. The van der Waals surface area contributed by atoms with Crippen LogP contribution in [-0.2, 0) is 5.60 Å². The van der Waals surface area contributed by atoms with Crippen LogP contribution in [0.2, 0.25) is 0 Å². The lowest BCUT2D eigenvalue weighted by Crippen LogP contribution is -2.32. The molecule has 33 heavy (non-hydrogen) atoms. The first kappa shape index (κ1) is 24.6. The Hall–Kier alpha value is -3.08. The summed E-state index contributed by atoms with van der Waals surface area (Å²) in [5.74, 6) is -0.238. The Bertz CT molecular complexity index is 1010. The van der Waals surface area contributed by atoms with Crippen LogP contribution in [0, 0.1) is 5.92 Å². The van der Waals surface area contributed by atoms with Crippen molar-refractivity contribution in [3.05, 3.63) is 108 Å². The van der Waals surface area contributed by atoms with E-state index in [-0.39, 0.29) is 17.5 Å². The molecule has 2 N–H and O–H groups in total. The minimum absolute atomic E-state index is 0.118. The number of hydrogen-bond acceptors (Lipinski definition) is 4. The van der Waals surface area contributed by atoms with Gasteiger partial charge in [-0.1, -0.05) is 110 Å². The Balaban J connectivity index is 0.000000186. The van der Waals surface area contributed by atoms with Crippen LogP contribution < -0.4 is 0 Å². The predicted octanol–water partition coefficient (Wildman–Crippen LogP) is 5.59. The van der Waals surface area contributed by atoms with E-state index in [4.69, 9.17) is 0 Å². The highest BCUT2D eigenvalue weighted by Gasteiger charge is 2.32. The quantitative estimate of drug-likeness (QED) is 0.486. The summed E-state index contributed by atoms with van der Waals surface area (Å²) in [6.07, 6.45) is 4.69. The summed E-state index contributed by atoms with van der Waals surface area (Å²) in [6.45, 7) is 1.53. The summed E-state index contributed by atoms with van der Waals surface area (Å²) in [4.78, 5) is 24.2. The van der Waals surface area contributed by atoms with Crippen molar-refractivity contribution in [2.24, 2.45) is 5.92 Å². The number of carbonyl (C=O) groups is 2. The molecule has 4 heteroatoms. The van der Waals surface area contributed by atoms with Crippen LogP contribution >= 0.6 is 0 Å². The molecule has 2 unspecified atom stereocenters. The SMILES string of the molecule is CC(O)(C(=O)c1ccccc1)c1ccccc1.O=C(c1ccccc1)C(O)C1CCCCC1. The summed E-state index contributed by atoms with van der Waals surface area (Å²) in [7, 11) is 0. The number of carbonyl (C=O) groups excluding carboxylic acids is 2. The van der Waals surface area contributed by atoms with Crippen molar-refractivity contribution in [3.63, 3.8) is 0 Å². The first-order valence-corrected chi connectivity index (χ1v) is 11.6. The smallest absolute Gasteiger partial charge is 0.198 e. The number of ketones is 2. The fourth-order valence-corrected chi connectivity index (χ4v) is 4.20. The predicted molar refractivity (Wildman–Crippen MR) is 130 cm³/mol. The van der Waals surface area contributed by atoms with Gasteiger partial charge >= 0.3 is 0 Å². The molecule has 0 radical (unpaired) electrons. The fraction of sp³-hybridized carbons (Fsp3) is 0.310. The van der Waals surface area contributed by atoms with Crippen LogP contribution in [0.5, 0.6) is 0 Å². The van der Waals surface area contributed by atoms with E-state index in [0.717, 1.165) is 25.7 Å². The van der Waals surface area contributed by atoms with E-state index in [2.05, 4.69) is 0 Å². The minimum Gasteiger partial charge on any atom is -0.385 e. The molecule has 0 spiro atoms. The zero-order valence-corrected chi connectivity index (χ0v) is 19.1. The number of benzene rings is 3. The van der Waals surface area contributed by atoms with Crippen molar-refractivity contribution >= 4 is 11.6 Å². The van der Waals surface area contributed by atoms with E-state index in [1.165, 1.54) is 13.3 Å². The summed E-state index contributed by atoms with van der Waals surface area (Å²) < 4.78 is 0. The molecule has 0 heterocycles. The van der Waals surface area contributed by atoms with Gasteiger partial charge in [-0.2, -0.15) is 0 Å². The summed E-state index contributed by atoms with van der Waals surface area (Å²) in [5, 5.41) is 20.4. The lowest BCUT2D eigenvalue weighted by Gasteiger charge is -2.25. The van der Waals surface area contributed by atoms with Crippen molar-refractivity contribution in [2.45, 2.75) is 50.7 Å².